The monoisotopic (exact) mass is 452 g/mol. The van der Waals surface area contributed by atoms with Crippen molar-refractivity contribution in [2.45, 2.75) is 12.6 Å². The van der Waals surface area contributed by atoms with Crippen molar-refractivity contribution in [1.82, 2.24) is 0 Å². The fourth-order valence-electron chi connectivity index (χ4n) is 6.08. The molecular weight excluding hydrogens is 433 g/mol. The van der Waals surface area contributed by atoms with E-state index in [4.69, 9.17) is 0 Å². The van der Waals surface area contributed by atoms with Gasteiger partial charge in [-0.1, -0.05) is 36.4 Å². The molecule has 0 unspecified atom stereocenters. The first kappa shape index (κ1) is 20.2. The molecule has 8 heteroatoms. The fraction of sp³-hybridized carbons (Fsp3) is 0.320. The number of imide groups is 1. The molecule has 2 saturated carbocycles. The number of nitrogens with zero attached hydrogens (tertiary/aromatic N) is 1. The van der Waals surface area contributed by atoms with Crippen LogP contribution < -0.4 is 10.2 Å². The smallest absolute Gasteiger partial charge is 0.321 e. The Hall–Kier alpha value is -3.42. The van der Waals surface area contributed by atoms with Gasteiger partial charge in [0, 0.05) is 0 Å². The second-order valence-corrected chi connectivity index (χ2v) is 9.18. The van der Waals surface area contributed by atoms with Gasteiger partial charge in [0.15, 0.2) is 0 Å². The summed E-state index contributed by atoms with van der Waals surface area (Å²) in [4.78, 5) is 41.0. The maximum Gasteiger partial charge on any atom is 0.418 e. The molecule has 6 atom stereocenters. The molecule has 7 rings (SSSR count). The molecule has 3 fully saturated rings. The predicted octanol–water partition coefficient (Wildman–Crippen LogP) is 4.52. The van der Waals surface area contributed by atoms with Crippen molar-refractivity contribution in [3.63, 3.8) is 0 Å². The summed E-state index contributed by atoms with van der Waals surface area (Å²) in [5, 5.41) is 2.31. The maximum absolute atomic E-state index is 13.4. The van der Waals surface area contributed by atoms with E-state index < -0.39 is 29.5 Å². The Balaban J connectivity index is 1.34. The molecule has 1 heterocycles. The number of allylic oxidation sites excluding steroid dienone is 2. The van der Waals surface area contributed by atoms with Crippen LogP contribution >= 0.6 is 0 Å². The van der Waals surface area contributed by atoms with Gasteiger partial charge in [0.05, 0.1) is 34.3 Å². The third-order valence-electron chi connectivity index (χ3n) is 7.53. The van der Waals surface area contributed by atoms with Crippen LogP contribution in [0.2, 0.25) is 0 Å². The highest BCUT2D eigenvalue weighted by Gasteiger charge is 2.67. The van der Waals surface area contributed by atoms with E-state index in [1.807, 2.05) is 0 Å². The highest BCUT2D eigenvalue weighted by Crippen LogP contribution is 2.65. The lowest BCUT2D eigenvalue weighted by molar-refractivity contribution is -0.137. The Morgan fingerprint density at radius 2 is 1.45 bits per heavy atom. The first-order valence-corrected chi connectivity index (χ1v) is 10.9. The molecule has 33 heavy (non-hydrogen) atoms. The number of alkyl halides is 3. The fourth-order valence-corrected chi connectivity index (χ4v) is 6.08. The number of para-hydroxylation sites is 2. The predicted molar refractivity (Wildman–Crippen MR) is 113 cm³/mol. The van der Waals surface area contributed by atoms with Gasteiger partial charge < -0.3 is 5.32 Å². The summed E-state index contributed by atoms with van der Waals surface area (Å²) >= 11 is 0. The van der Waals surface area contributed by atoms with E-state index in [2.05, 4.69) is 17.5 Å². The van der Waals surface area contributed by atoms with Crippen molar-refractivity contribution in [3.05, 3.63) is 71.8 Å². The Morgan fingerprint density at radius 3 is 2.09 bits per heavy atom. The minimum Gasteiger partial charge on any atom is -0.321 e. The van der Waals surface area contributed by atoms with Gasteiger partial charge in [-0.05, 0) is 54.4 Å². The van der Waals surface area contributed by atoms with Gasteiger partial charge >= 0.3 is 6.18 Å². The van der Waals surface area contributed by atoms with Crippen molar-refractivity contribution < 1.29 is 27.6 Å². The van der Waals surface area contributed by atoms with Gasteiger partial charge in [0.25, 0.3) is 5.91 Å². The van der Waals surface area contributed by atoms with Crippen molar-refractivity contribution in [1.29, 1.82) is 0 Å². The highest BCUT2D eigenvalue weighted by molar-refractivity contribution is 6.25. The third-order valence-corrected chi connectivity index (χ3v) is 7.53. The van der Waals surface area contributed by atoms with Crippen LogP contribution in [0.1, 0.15) is 22.3 Å². The van der Waals surface area contributed by atoms with E-state index >= 15 is 0 Å². The van der Waals surface area contributed by atoms with E-state index in [-0.39, 0.29) is 40.6 Å². The minimum absolute atomic E-state index is 0.0275. The third kappa shape index (κ3) is 2.89. The first-order valence-electron chi connectivity index (χ1n) is 10.9. The second kappa shape index (κ2) is 6.79. The highest BCUT2D eigenvalue weighted by atomic mass is 19.4. The van der Waals surface area contributed by atoms with Crippen molar-refractivity contribution in [2.75, 3.05) is 10.2 Å². The Kier molecular flexibility index (Phi) is 4.16. The van der Waals surface area contributed by atoms with Gasteiger partial charge in [0.2, 0.25) is 11.8 Å². The number of rotatable bonds is 3. The number of carbonyl (C=O) groups excluding carboxylic acids is 3. The van der Waals surface area contributed by atoms with E-state index in [9.17, 15) is 27.6 Å². The average molecular weight is 452 g/mol. The molecule has 4 aliphatic carbocycles. The maximum atomic E-state index is 13.4. The molecule has 3 amide bonds. The van der Waals surface area contributed by atoms with Crippen LogP contribution in [0.25, 0.3) is 0 Å². The molecule has 1 aliphatic heterocycles. The number of nitrogens with one attached hydrogen (secondary N) is 1. The molecule has 1 saturated heterocycles. The number of carbonyl (C=O) groups is 3. The normalized spacial score (nSPS) is 31.4. The number of anilines is 2. The molecule has 2 aromatic rings. The lowest BCUT2D eigenvalue weighted by Gasteiger charge is -2.37. The number of hydrogen-bond acceptors (Lipinski definition) is 3. The molecule has 168 valence electrons. The van der Waals surface area contributed by atoms with Gasteiger partial charge in [0.1, 0.15) is 0 Å². The molecule has 5 aliphatic rings. The number of halogens is 3. The summed E-state index contributed by atoms with van der Waals surface area (Å²) in [5.41, 5.74) is -1.28. The van der Waals surface area contributed by atoms with Gasteiger partial charge in [-0.15, -0.1) is 0 Å². The molecule has 1 N–H and O–H groups in total. The van der Waals surface area contributed by atoms with E-state index in [0.29, 0.717) is 11.8 Å². The number of benzene rings is 2. The zero-order valence-electron chi connectivity index (χ0n) is 17.3. The molecule has 2 bridgehead atoms. The van der Waals surface area contributed by atoms with Crippen LogP contribution in [0.5, 0.6) is 0 Å². The quantitative estimate of drug-likeness (QED) is 0.550. The summed E-state index contributed by atoms with van der Waals surface area (Å²) < 4.78 is 40.1. The lowest BCUT2D eigenvalue weighted by Crippen LogP contribution is -2.40. The molecule has 0 radical (unpaired) electrons. The number of amides is 3. The Labute approximate surface area is 187 Å². The van der Waals surface area contributed by atoms with Gasteiger partial charge in [-0.25, -0.2) is 4.90 Å². The molecule has 0 spiro atoms. The standard InChI is InChI=1S/C25H19F3N2O3/c26-25(27,28)17-6-2-3-7-18(17)29-22(31)14-5-1-4-8-19(14)30-23(32)20-12-9-10-13(16-11-15(12)16)21(20)24(30)33/h1-10,12-13,15-16,20-21H,11H2,(H,29,31)/t12-,13+,15-,16-,20+,21+/m1/s1. The largest absolute Gasteiger partial charge is 0.418 e. The van der Waals surface area contributed by atoms with Crippen LogP contribution in [0.15, 0.2) is 60.7 Å². The van der Waals surface area contributed by atoms with Gasteiger partial charge in [-0.3, -0.25) is 14.4 Å². The first-order chi connectivity index (χ1) is 15.8. The topological polar surface area (TPSA) is 66.5 Å². The van der Waals surface area contributed by atoms with Crippen LogP contribution in [-0.2, 0) is 15.8 Å². The van der Waals surface area contributed by atoms with Gasteiger partial charge in [-0.2, -0.15) is 13.2 Å². The molecule has 0 aromatic heterocycles. The Bertz CT molecular complexity index is 1200. The van der Waals surface area contributed by atoms with Crippen LogP contribution in [0.4, 0.5) is 24.5 Å². The van der Waals surface area contributed by atoms with Crippen molar-refractivity contribution >= 4 is 29.1 Å². The van der Waals surface area contributed by atoms with Crippen LogP contribution in [0, 0.1) is 35.5 Å². The second-order valence-electron chi connectivity index (χ2n) is 9.18. The Morgan fingerprint density at radius 1 is 0.879 bits per heavy atom. The van der Waals surface area contributed by atoms with E-state index in [1.54, 1.807) is 12.1 Å². The van der Waals surface area contributed by atoms with Crippen molar-refractivity contribution in [3.8, 4) is 0 Å². The summed E-state index contributed by atoms with van der Waals surface area (Å²) in [6.45, 7) is 0. The lowest BCUT2D eigenvalue weighted by atomic mass is 9.63. The van der Waals surface area contributed by atoms with Crippen LogP contribution in [0.3, 0.4) is 0 Å². The zero-order valence-corrected chi connectivity index (χ0v) is 17.3. The summed E-state index contributed by atoms with van der Waals surface area (Å²) in [5.74, 6) is -1.39. The van der Waals surface area contributed by atoms with Crippen LogP contribution in [-0.4, -0.2) is 17.7 Å². The molecular formula is C25H19F3N2O3. The number of hydrogen-bond donors (Lipinski definition) is 1. The SMILES string of the molecule is O=C(Nc1ccccc1C(F)(F)F)c1ccccc1N1C(=O)[C@H]2[C@@H]3C=C[C@@H]([C@H]4C[C@H]34)[C@@H]2C1=O. The summed E-state index contributed by atoms with van der Waals surface area (Å²) in [6.07, 6.45) is 0.503. The molecule has 5 nitrogen and oxygen atoms in total. The molecule has 2 aromatic carbocycles. The average Bonchev–Trinajstić information content (AvgIpc) is 3.57. The van der Waals surface area contributed by atoms with E-state index in [0.717, 1.165) is 17.4 Å². The van der Waals surface area contributed by atoms with Crippen molar-refractivity contribution in [2.24, 2.45) is 35.5 Å². The minimum atomic E-state index is -4.65. The zero-order chi connectivity index (χ0) is 23.1. The summed E-state index contributed by atoms with van der Waals surface area (Å²) in [7, 11) is 0. The van der Waals surface area contributed by atoms with E-state index in [1.165, 1.54) is 30.3 Å². The summed E-state index contributed by atoms with van der Waals surface area (Å²) in [6, 6.07) is 10.7.